The molecule has 15 heavy (non-hydrogen) atoms. The summed E-state index contributed by atoms with van der Waals surface area (Å²) in [5, 5.41) is 3.21. The van der Waals surface area contributed by atoms with Crippen LogP contribution in [0.4, 0.5) is 5.69 Å². The highest BCUT2D eigenvalue weighted by atomic mass is 35.5. The molecule has 1 amide bonds. The number of hydrogen-bond acceptors (Lipinski definition) is 2. The fourth-order valence-corrected chi connectivity index (χ4v) is 1.32. The van der Waals surface area contributed by atoms with E-state index in [1.165, 1.54) is 6.20 Å². The second kappa shape index (κ2) is 4.62. The quantitative estimate of drug-likeness (QED) is 0.842. The summed E-state index contributed by atoms with van der Waals surface area (Å²) in [5.41, 5.74) is 0.588. The van der Waals surface area contributed by atoms with Gasteiger partial charge in [-0.15, -0.1) is 0 Å². The molecule has 3 nitrogen and oxygen atoms in total. The molecule has 0 bridgehead atoms. The van der Waals surface area contributed by atoms with Gasteiger partial charge in [0.25, 0.3) is 0 Å². The first-order chi connectivity index (χ1) is 6.88. The van der Waals surface area contributed by atoms with Crippen molar-refractivity contribution in [3.63, 3.8) is 0 Å². The summed E-state index contributed by atoms with van der Waals surface area (Å²) in [7, 11) is 0. The number of aromatic nitrogens is 1. The smallest absolute Gasteiger partial charge is 0.224 e. The molecular weight excluding hydrogens is 212 g/mol. The molecule has 0 fully saturated rings. The summed E-state index contributed by atoms with van der Waals surface area (Å²) >= 11 is 5.86. The highest BCUT2D eigenvalue weighted by Gasteiger charge is 2.16. The summed E-state index contributed by atoms with van der Waals surface area (Å²) in [4.78, 5) is 15.4. The lowest BCUT2D eigenvalue weighted by Gasteiger charge is -2.17. The van der Waals surface area contributed by atoms with E-state index in [1.807, 2.05) is 20.8 Å². The molecule has 0 aliphatic carbocycles. The molecule has 4 heteroatoms. The molecular formula is C11H15ClN2O. The molecule has 82 valence electrons. The number of rotatable bonds is 2. The number of anilines is 1. The van der Waals surface area contributed by atoms with Crippen LogP contribution in [0, 0.1) is 5.41 Å². The fraction of sp³-hybridized carbons (Fsp3) is 0.455. The standard InChI is InChI=1S/C11H15ClN2O/c1-11(2,3)6-10(15)14-9-4-5-13-7-8(9)12/h4-5,7H,6H2,1-3H3,(H,13,14,15). The van der Waals surface area contributed by atoms with Gasteiger partial charge in [0.15, 0.2) is 0 Å². The van der Waals surface area contributed by atoms with E-state index in [2.05, 4.69) is 10.3 Å². The van der Waals surface area contributed by atoms with E-state index in [9.17, 15) is 4.79 Å². The second-order valence-corrected chi connectivity index (χ2v) is 5.05. The fourth-order valence-electron chi connectivity index (χ4n) is 1.15. The van der Waals surface area contributed by atoms with E-state index in [0.29, 0.717) is 17.1 Å². The molecule has 0 aromatic carbocycles. The molecule has 0 radical (unpaired) electrons. The Morgan fingerprint density at radius 3 is 2.73 bits per heavy atom. The Hall–Kier alpha value is -1.09. The maximum absolute atomic E-state index is 11.6. The molecule has 0 spiro atoms. The minimum absolute atomic E-state index is 0.0242. The lowest BCUT2D eigenvalue weighted by Crippen LogP contribution is -2.19. The third kappa shape index (κ3) is 4.30. The third-order valence-electron chi connectivity index (χ3n) is 1.74. The first-order valence-corrected chi connectivity index (χ1v) is 5.16. The lowest BCUT2D eigenvalue weighted by molar-refractivity contribution is -0.117. The molecule has 1 rings (SSSR count). The number of nitrogens with one attached hydrogen (secondary N) is 1. The van der Waals surface area contributed by atoms with Crippen LogP contribution in [0.3, 0.4) is 0 Å². The van der Waals surface area contributed by atoms with E-state index in [-0.39, 0.29) is 11.3 Å². The summed E-state index contributed by atoms with van der Waals surface area (Å²) in [6, 6.07) is 1.68. The second-order valence-electron chi connectivity index (χ2n) is 4.64. The van der Waals surface area contributed by atoms with Crippen LogP contribution in [0.25, 0.3) is 0 Å². The van der Waals surface area contributed by atoms with Gasteiger partial charge in [-0.1, -0.05) is 32.4 Å². The van der Waals surface area contributed by atoms with Crippen LogP contribution in [0.1, 0.15) is 27.2 Å². The van der Waals surface area contributed by atoms with Crippen molar-refractivity contribution < 1.29 is 4.79 Å². The molecule has 1 aromatic heterocycles. The minimum atomic E-state index is -0.0319. The number of carbonyl (C=O) groups is 1. The van der Waals surface area contributed by atoms with Gasteiger partial charge in [-0.05, 0) is 11.5 Å². The summed E-state index contributed by atoms with van der Waals surface area (Å²) in [6.45, 7) is 6.04. The van der Waals surface area contributed by atoms with Crippen molar-refractivity contribution in [3.8, 4) is 0 Å². The van der Waals surface area contributed by atoms with Gasteiger partial charge in [0.05, 0.1) is 10.7 Å². The number of amides is 1. The molecule has 0 aliphatic heterocycles. The Labute approximate surface area is 94.9 Å². The average molecular weight is 227 g/mol. The Balaban J connectivity index is 2.64. The summed E-state index contributed by atoms with van der Waals surface area (Å²) in [6.07, 6.45) is 3.57. The predicted molar refractivity (Wildman–Crippen MR) is 61.9 cm³/mol. The zero-order chi connectivity index (χ0) is 11.5. The van der Waals surface area contributed by atoms with Gasteiger partial charge in [-0.2, -0.15) is 0 Å². The maximum atomic E-state index is 11.6. The van der Waals surface area contributed by atoms with Crippen LogP contribution in [0.15, 0.2) is 18.5 Å². The van der Waals surface area contributed by atoms with Gasteiger partial charge in [0.2, 0.25) is 5.91 Å². The van der Waals surface area contributed by atoms with Crippen molar-refractivity contribution in [3.05, 3.63) is 23.5 Å². The van der Waals surface area contributed by atoms with Crippen LogP contribution < -0.4 is 5.32 Å². The van der Waals surface area contributed by atoms with E-state index >= 15 is 0 Å². The summed E-state index contributed by atoms with van der Waals surface area (Å²) in [5.74, 6) is -0.0319. The average Bonchev–Trinajstić information content (AvgIpc) is 2.05. The van der Waals surface area contributed by atoms with Gasteiger partial charge in [0, 0.05) is 18.8 Å². The highest BCUT2D eigenvalue weighted by Crippen LogP contribution is 2.22. The van der Waals surface area contributed by atoms with Crippen molar-refractivity contribution in [2.45, 2.75) is 27.2 Å². The largest absolute Gasteiger partial charge is 0.325 e. The van der Waals surface area contributed by atoms with Crippen LogP contribution in [-0.4, -0.2) is 10.9 Å². The number of carbonyl (C=O) groups excluding carboxylic acids is 1. The number of halogens is 1. The first-order valence-electron chi connectivity index (χ1n) is 4.78. The zero-order valence-electron chi connectivity index (χ0n) is 9.17. The van der Waals surface area contributed by atoms with Gasteiger partial charge in [-0.25, -0.2) is 0 Å². The monoisotopic (exact) mass is 226 g/mol. The van der Waals surface area contributed by atoms with Gasteiger partial charge >= 0.3 is 0 Å². The van der Waals surface area contributed by atoms with Crippen molar-refractivity contribution in [2.24, 2.45) is 5.41 Å². The SMILES string of the molecule is CC(C)(C)CC(=O)Nc1ccncc1Cl. The number of nitrogens with zero attached hydrogens (tertiary/aromatic N) is 1. The van der Waals surface area contributed by atoms with E-state index < -0.39 is 0 Å². The minimum Gasteiger partial charge on any atom is -0.325 e. The molecule has 0 atom stereocenters. The number of pyridine rings is 1. The van der Waals surface area contributed by atoms with Crippen molar-refractivity contribution in [1.82, 2.24) is 4.98 Å². The van der Waals surface area contributed by atoms with Crippen LogP contribution >= 0.6 is 11.6 Å². The molecule has 0 saturated heterocycles. The summed E-state index contributed by atoms with van der Waals surface area (Å²) < 4.78 is 0. The van der Waals surface area contributed by atoms with Crippen LogP contribution in [0.2, 0.25) is 5.02 Å². The molecule has 1 N–H and O–H groups in total. The number of hydrogen-bond donors (Lipinski definition) is 1. The van der Waals surface area contributed by atoms with E-state index in [0.717, 1.165) is 0 Å². The van der Waals surface area contributed by atoms with Crippen LogP contribution in [0.5, 0.6) is 0 Å². The maximum Gasteiger partial charge on any atom is 0.224 e. The van der Waals surface area contributed by atoms with Gasteiger partial charge < -0.3 is 5.32 Å². The van der Waals surface area contributed by atoms with Crippen molar-refractivity contribution in [2.75, 3.05) is 5.32 Å². The zero-order valence-corrected chi connectivity index (χ0v) is 9.93. The normalized spacial score (nSPS) is 11.2. The van der Waals surface area contributed by atoms with Crippen molar-refractivity contribution in [1.29, 1.82) is 0 Å². The van der Waals surface area contributed by atoms with E-state index in [4.69, 9.17) is 11.6 Å². The molecule has 0 unspecified atom stereocenters. The molecule has 1 aromatic rings. The molecule has 0 saturated carbocycles. The van der Waals surface area contributed by atoms with Gasteiger partial charge in [0.1, 0.15) is 0 Å². The van der Waals surface area contributed by atoms with Gasteiger partial charge in [-0.3, -0.25) is 9.78 Å². The topological polar surface area (TPSA) is 42.0 Å². The molecule has 1 heterocycles. The highest BCUT2D eigenvalue weighted by molar-refractivity contribution is 6.33. The predicted octanol–water partition coefficient (Wildman–Crippen LogP) is 3.11. The van der Waals surface area contributed by atoms with Crippen molar-refractivity contribution >= 4 is 23.2 Å². The first kappa shape index (κ1) is 12.0. The Kier molecular flexibility index (Phi) is 3.69. The molecule has 0 aliphatic rings. The lowest BCUT2D eigenvalue weighted by atomic mass is 9.92. The van der Waals surface area contributed by atoms with E-state index in [1.54, 1.807) is 12.3 Å². The Morgan fingerprint density at radius 1 is 1.53 bits per heavy atom. The Bertz CT molecular complexity index is 358. The van der Waals surface area contributed by atoms with Crippen LogP contribution in [-0.2, 0) is 4.79 Å². The third-order valence-corrected chi connectivity index (χ3v) is 2.04. The Morgan fingerprint density at radius 2 is 2.20 bits per heavy atom.